The Morgan fingerprint density at radius 3 is 2.24 bits per heavy atom. The number of amides is 1. The van der Waals surface area contributed by atoms with E-state index in [2.05, 4.69) is 0 Å². The van der Waals surface area contributed by atoms with Crippen LogP contribution in [0.15, 0.2) is 0 Å². The molecule has 0 saturated carbocycles. The molecule has 6 nitrogen and oxygen atoms in total. The van der Waals surface area contributed by atoms with Crippen molar-refractivity contribution in [1.82, 2.24) is 4.90 Å². The lowest BCUT2D eigenvalue weighted by molar-refractivity contribution is -0.158. The number of rotatable bonds is 3. The average molecular weight is 245 g/mol. The van der Waals surface area contributed by atoms with Gasteiger partial charge in [0.15, 0.2) is 0 Å². The van der Waals surface area contributed by atoms with Gasteiger partial charge in [-0.05, 0) is 20.8 Å². The van der Waals surface area contributed by atoms with Gasteiger partial charge in [-0.1, -0.05) is 0 Å². The molecule has 1 N–H and O–H groups in total. The molecule has 1 fully saturated rings. The second-order valence-corrected chi connectivity index (χ2v) is 5.29. The molecule has 1 rings (SSSR count). The van der Waals surface area contributed by atoms with E-state index in [1.54, 1.807) is 20.8 Å². The molecule has 0 bridgehead atoms. The maximum atomic E-state index is 11.6. The second kappa shape index (κ2) is 4.52. The summed E-state index contributed by atoms with van der Waals surface area (Å²) in [7, 11) is 1.45. The summed E-state index contributed by atoms with van der Waals surface area (Å²) in [5.74, 6) is -0.935. The normalized spacial score (nSPS) is 18.5. The molecule has 0 radical (unpaired) electrons. The van der Waals surface area contributed by atoms with Crippen LogP contribution in [0.2, 0.25) is 0 Å². The van der Waals surface area contributed by atoms with Crippen LogP contribution in [0.25, 0.3) is 0 Å². The van der Waals surface area contributed by atoms with Gasteiger partial charge in [-0.25, -0.2) is 4.79 Å². The van der Waals surface area contributed by atoms with Crippen molar-refractivity contribution in [2.75, 3.05) is 20.2 Å². The van der Waals surface area contributed by atoms with Crippen molar-refractivity contribution >= 4 is 12.1 Å². The lowest BCUT2D eigenvalue weighted by Crippen LogP contribution is -2.65. The highest BCUT2D eigenvalue weighted by atomic mass is 16.6. The first-order valence-corrected chi connectivity index (χ1v) is 5.42. The third kappa shape index (κ3) is 3.59. The number of hydrogen-bond acceptors (Lipinski definition) is 4. The zero-order chi connectivity index (χ0) is 13.3. The monoisotopic (exact) mass is 245 g/mol. The van der Waals surface area contributed by atoms with Crippen molar-refractivity contribution in [3.63, 3.8) is 0 Å². The minimum Gasteiger partial charge on any atom is -0.481 e. The zero-order valence-electron chi connectivity index (χ0n) is 10.6. The van der Waals surface area contributed by atoms with Crippen molar-refractivity contribution in [3.8, 4) is 0 Å². The molecule has 1 aliphatic heterocycles. The lowest BCUT2D eigenvalue weighted by atomic mass is 9.90. The Morgan fingerprint density at radius 1 is 1.35 bits per heavy atom. The third-order valence-electron chi connectivity index (χ3n) is 2.52. The number of carbonyl (C=O) groups excluding carboxylic acids is 1. The molecule has 1 aliphatic rings. The molecule has 0 atom stereocenters. The molecule has 1 heterocycles. The number of methoxy groups -OCH3 is 1. The fourth-order valence-electron chi connectivity index (χ4n) is 1.69. The number of likely N-dealkylation sites (tertiary alicyclic amines) is 1. The molecule has 17 heavy (non-hydrogen) atoms. The Morgan fingerprint density at radius 2 is 1.88 bits per heavy atom. The Labute approximate surface area is 100 Å². The highest BCUT2D eigenvalue weighted by Crippen LogP contribution is 2.29. The van der Waals surface area contributed by atoms with Gasteiger partial charge in [0.1, 0.15) is 11.2 Å². The van der Waals surface area contributed by atoms with Crippen LogP contribution in [0.4, 0.5) is 4.79 Å². The smallest absolute Gasteiger partial charge is 0.410 e. The quantitative estimate of drug-likeness (QED) is 0.805. The van der Waals surface area contributed by atoms with Gasteiger partial charge >= 0.3 is 12.1 Å². The van der Waals surface area contributed by atoms with Crippen LogP contribution >= 0.6 is 0 Å². The molecule has 1 amide bonds. The third-order valence-corrected chi connectivity index (χ3v) is 2.52. The van der Waals surface area contributed by atoms with Gasteiger partial charge in [0.2, 0.25) is 0 Å². The number of aliphatic carboxylic acids is 1. The Hall–Kier alpha value is -1.30. The summed E-state index contributed by atoms with van der Waals surface area (Å²) in [6.45, 7) is 5.86. The van der Waals surface area contributed by atoms with Gasteiger partial charge in [-0.2, -0.15) is 0 Å². The van der Waals surface area contributed by atoms with E-state index in [9.17, 15) is 9.59 Å². The second-order valence-electron chi connectivity index (χ2n) is 5.29. The minimum atomic E-state index is -0.935. The van der Waals surface area contributed by atoms with E-state index in [4.69, 9.17) is 14.6 Å². The summed E-state index contributed by atoms with van der Waals surface area (Å²) in [4.78, 5) is 23.7. The fourth-order valence-corrected chi connectivity index (χ4v) is 1.69. The average Bonchev–Trinajstić information content (AvgIpc) is 2.06. The van der Waals surface area contributed by atoms with Crippen molar-refractivity contribution in [2.45, 2.75) is 38.4 Å². The van der Waals surface area contributed by atoms with Gasteiger partial charge in [0, 0.05) is 7.11 Å². The van der Waals surface area contributed by atoms with E-state index < -0.39 is 23.3 Å². The van der Waals surface area contributed by atoms with Crippen LogP contribution in [-0.2, 0) is 14.3 Å². The van der Waals surface area contributed by atoms with Crippen molar-refractivity contribution in [3.05, 3.63) is 0 Å². The molecule has 1 saturated heterocycles. The van der Waals surface area contributed by atoms with Gasteiger partial charge in [0.25, 0.3) is 0 Å². The van der Waals surface area contributed by atoms with Crippen molar-refractivity contribution < 1.29 is 24.2 Å². The van der Waals surface area contributed by atoms with E-state index in [-0.39, 0.29) is 19.5 Å². The SMILES string of the molecule is COC1(CC(=O)O)CN(C(=O)OC(C)(C)C)C1. The predicted octanol–water partition coefficient (Wildman–Crippen LogP) is 1.10. The summed E-state index contributed by atoms with van der Waals surface area (Å²) >= 11 is 0. The summed E-state index contributed by atoms with van der Waals surface area (Å²) in [5.41, 5.74) is -1.31. The van der Waals surface area contributed by atoms with Crippen LogP contribution < -0.4 is 0 Å². The largest absolute Gasteiger partial charge is 0.481 e. The highest BCUT2D eigenvalue weighted by molar-refractivity contribution is 5.72. The van der Waals surface area contributed by atoms with Gasteiger partial charge in [0.05, 0.1) is 19.5 Å². The van der Waals surface area contributed by atoms with Crippen LogP contribution in [0.3, 0.4) is 0 Å². The topological polar surface area (TPSA) is 76.1 Å². The van der Waals surface area contributed by atoms with E-state index >= 15 is 0 Å². The van der Waals surface area contributed by atoms with Crippen LogP contribution in [0, 0.1) is 0 Å². The van der Waals surface area contributed by atoms with Crippen LogP contribution in [0.5, 0.6) is 0 Å². The first kappa shape index (κ1) is 13.8. The first-order chi connectivity index (χ1) is 7.67. The number of nitrogens with zero attached hydrogens (tertiary/aromatic N) is 1. The molecule has 0 unspecified atom stereocenters. The standard InChI is InChI=1S/C11H19NO5/c1-10(2,3)17-9(15)12-6-11(7-12,16-4)5-8(13)14/h5-7H2,1-4H3,(H,13,14). The number of hydrogen-bond donors (Lipinski definition) is 1. The fraction of sp³-hybridized carbons (Fsp3) is 0.818. The summed E-state index contributed by atoms with van der Waals surface area (Å²) in [5, 5.41) is 8.74. The highest BCUT2D eigenvalue weighted by Gasteiger charge is 2.48. The summed E-state index contributed by atoms with van der Waals surface area (Å²) < 4.78 is 10.3. The van der Waals surface area contributed by atoms with Gasteiger partial charge < -0.3 is 19.5 Å². The number of ether oxygens (including phenoxy) is 2. The molecule has 6 heteroatoms. The number of carboxylic acid groups (broad SMARTS) is 1. The molecule has 0 aromatic heterocycles. The van der Waals surface area contributed by atoms with Crippen LogP contribution in [-0.4, -0.2) is 53.5 Å². The van der Waals surface area contributed by atoms with Gasteiger partial charge in [-0.3, -0.25) is 4.79 Å². The van der Waals surface area contributed by atoms with E-state index in [0.717, 1.165) is 0 Å². The Bertz CT molecular complexity index is 314. The van der Waals surface area contributed by atoms with Gasteiger partial charge in [-0.15, -0.1) is 0 Å². The minimum absolute atomic E-state index is 0.108. The molecule has 0 aromatic carbocycles. The lowest BCUT2D eigenvalue weighted by Gasteiger charge is -2.47. The molecular formula is C11H19NO5. The summed E-state index contributed by atoms with van der Waals surface area (Å²) in [6, 6.07) is 0. The van der Waals surface area contributed by atoms with E-state index in [1.807, 2.05) is 0 Å². The maximum absolute atomic E-state index is 11.6. The molecular weight excluding hydrogens is 226 g/mol. The maximum Gasteiger partial charge on any atom is 0.410 e. The van der Waals surface area contributed by atoms with Crippen molar-refractivity contribution in [1.29, 1.82) is 0 Å². The first-order valence-electron chi connectivity index (χ1n) is 5.42. The summed E-state index contributed by atoms with van der Waals surface area (Å²) in [6.07, 6.45) is -0.543. The predicted molar refractivity (Wildman–Crippen MR) is 59.8 cm³/mol. The molecule has 0 aliphatic carbocycles. The molecule has 0 aromatic rings. The number of carbonyl (C=O) groups is 2. The molecule has 98 valence electrons. The van der Waals surface area contributed by atoms with Crippen LogP contribution in [0.1, 0.15) is 27.2 Å². The zero-order valence-corrected chi connectivity index (χ0v) is 10.6. The van der Waals surface area contributed by atoms with Crippen molar-refractivity contribution in [2.24, 2.45) is 0 Å². The Balaban J connectivity index is 2.49. The van der Waals surface area contributed by atoms with E-state index in [1.165, 1.54) is 12.0 Å². The number of carboxylic acids is 1. The van der Waals surface area contributed by atoms with E-state index in [0.29, 0.717) is 0 Å². The molecule has 0 spiro atoms. The Kier molecular flexibility index (Phi) is 3.66.